The van der Waals surface area contributed by atoms with E-state index < -0.39 is 6.10 Å². The molecule has 0 aromatic heterocycles. The SMILES string of the molecule is CC/C=C\C/C=C\C/C=C\CCCCCC(=O)OC(COC(=O)CCCCCCCC)COC(=O)CCCCCCCCCCCCCCCCCCCCCCCCCCC. The number of esters is 3. The van der Waals surface area contributed by atoms with Gasteiger partial charge in [-0.1, -0.05) is 250 Å². The highest BCUT2D eigenvalue weighted by molar-refractivity contribution is 5.71. The van der Waals surface area contributed by atoms with Crippen molar-refractivity contribution in [1.82, 2.24) is 0 Å². The Balaban J connectivity index is 4.05. The van der Waals surface area contributed by atoms with Crippen molar-refractivity contribution in [3.8, 4) is 0 Å². The highest BCUT2D eigenvalue weighted by Crippen LogP contribution is 2.17. The van der Waals surface area contributed by atoms with Gasteiger partial charge in [-0.2, -0.15) is 0 Å². The van der Waals surface area contributed by atoms with Crippen molar-refractivity contribution in [2.75, 3.05) is 13.2 Å². The second kappa shape index (κ2) is 51.3. The first kappa shape index (κ1) is 59.6. The summed E-state index contributed by atoms with van der Waals surface area (Å²) in [5.74, 6) is -0.911. The molecule has 362 valence electrons. The molecular weight excluding hydrogens is 769 g/mol. The Bertz CT molecular complexity index is 1050. The zero-order chi connectivity index (χ0) is 45.1. The van der Waals surface area contributed by atoms with Gasteiger partial charge in [-0.3, -0.25) is 14.4 Å². The summed E-state index contributed by atoms with van der Waals surface area (Å²) < 4.78 is 16.7. The van der Waals surface area contributed by atoms with E-state index in [0.29, 0.717) is 19.3 Å². The maximum Gasteiger partial charge on any atom is 0.306 e. The molecule has 0 aliphatic carbocycles. The van der Waals surface area contributed by atoms with Crippen LogP contribution in [0.3, 0.4) is 0 Å². The van der Waals surface area contributed by atoms with Gasteiger partial charge in [0.25, 0.3) is 0 Å². The minimum Gasteiger partial charge on any atom is -0.462 e. The molecule has 0 saturated carbocycles. The van der Waals surface area contributed by atoms with Gasteiger partial charge in [0.15, 0.2) is 6.10 Å². The van der Waals surface area contributed by atoms with E-state index >= 15 is 0 Å². The summed E-state index contributed by atoms with van der Waals surface area (Å²) in [5, 5.41) is 0. The predicted molar refractivity (Wildman–Crippen MR) is 266 cm³/mol. The average Bonchev–Trinajstić information content (AvgIpc) is 3.27. The van der Waals surface area contributed by atoms with Crippen molar-refractivity contribution < 1.29 is 28.6 Å². The highest BCUT2D eigenvalue weighted by atomic mass is 16.6. The zero-order valence-corrected chi connectivity index (χ0v) is 41.4. The third-order valence-electron chi connectivity index (χ3n) is 11.9. The Morgan fingerprint density at radius 1 is 0.339 bits per heavy atom. The number of rotatable bonds is 49. The number of unbranched alkanes of at least 4 members (excludes halogenated alkanes) is 32. The Hall–Kier alpha value is -2.37. The van der Waals surface area contributed by atoms with Crippen molar-refractivity contribution in [2.45, 2.75) is 290 Å². The fourth-order valence-corrected chi connectivity index (χ4v) is 7.87. The van der Waals surface area contributed by atoms with Crippen LogP contribution in [0.25, 0.3) is 0 Å². The van der Waals surface area contributed by atoms with E-state index in [4.69, 9.17) is 14.2 Å². The number of carbonyl (C=O) groups excluding carboxylic acids is 3. The van der Waals surface area contributed by atoms with Gasteiger partial charge in [-0.05, 0) is 51.4 Å². The van der Waals surface area contributed by atoms with E-state index in [1.165, 1.54) is 161 Å². The van der Waals surface area contributed by atoms with Crippen LogP contribution in [0.2, 0.25) is 0 Å². The standard InChI is InChI=1S/C56H102O6/c1-4-7-10-13-16-18-20-22-23-24-25-26-27-28-29-30-31-32-33-35-36-38-40-43-46-49-55(58)61-52-53(51-60-54(57)48-45-42-15-12-9-6-3)62-56(59)50-47-44-41-39-37-34-21-19-17-14-11-8-5-2/h8,11,17,19,34,37,53H,4-7,9-10,12-16,18,20-33,35-36,38-52H2,1-3H3/b11-8-,19-17-,37-34-. The molecule has 0 amide bonds. The molecule has 0 aliphatic rings. The number of allylic oxidation sites excluding steroid dienone is 6. The summed E-state index contributed by atoms with van der Waals surface area (Å²) in [6.45, 7) is 6.46. The topological polar surface area (TPSA) is 78.9 Å². The van der Waals surface area contributed by atoms with Crippen molar-refractivity contribution in [3.05, 3.63) is 36.5 Å². The van der Waals surface area contributed by atoms with Gasteiger partial charge in [-0.15, -0.1) is 0 Å². The molecule has 0 radical (unpaired) electrons. The van der Waals surface area contributed by atoms with Crippen LogP contribution in [0.4, 0.5) is 0 Å². The number of hydrogen-bond acceptors (Lipinski definition) is 6. The van der Waals surface area contributed by atoms with Gasteiger partial charge in [0.05, 0.1) is 0 Å². The molecule has 0 aromatic rings. The lowest BCUT2D eigenvalue weighted by molar-refractivity contribution is -0.167. The first-order valence-electron chi connectivity index (χ1n) is 27.0. The predicted octanol–water partition coefficient (Wildman–Crippen LogP) is 17.7. The fraction of sp³-hybridized carbons (Fsp3) is 0.839. The summed E-state index contributed by atoms with van der Waals surface area (Å²) in [6, 6.07) is 0. The molecule has 1 unspecified atom stereocenters. The van der Waals surface area contributed by atoms with Gasteiger partial charge in [-0.25, -0.2) is 0 Å². The molecule has 0 heterocycles. The Morgan fingerprint density at radius 2 is 0.629 bits per heavy atom. The van der Waals surface area contributed by atoms with Gasteiger partial charge in [0, 0.05) is 19.3 Å². The molecule has 6 heteroatoms. The zero-order valence-electron chi connectivity index (χ0n) is 41.4. The van der Waals surface area contributed by atoms with E-state index in [2.05, 4.69) is 57.2 Å². The first-order valence-corrected chi connectivity index (χ1v) is 27.0. The van der Waals surface area contributed by atoms with E-state index in [0.717, 1.165) is 83.5 Å². The lowest BCUT2D eigenvalue weighted by atomic mass is 10.0. The molecule has 6 nitrogen and oxygen atoms in total. The van der Waals surface area contributed by atoms with Crippen LogP contribution >= 0.6 is 0 Å². The molecule has 0 rings (SSSR count). The second-order valence-electron chi connectivity index (χ2n) is 18.1. The fourth-order valence-electron chi connectivity index (χ4n) is 7.87. The molecule has 0 N–H and O–H groups in total. The van der Waals surface area contributed by atoms with Crippen LogP contribution in [0.15, 0.2) is 36.5 Å². The van der Waals surface area contributed by atoms with Crippen molar-refractivity contribution in [1.29, 1.82) is 0 Å². The largest absolute Gasteiger partial charge is 0.462 e. The molecule has 62 heavy (non-hydrogen) atoms. The maximum absolute atomic E-state index is 12.7. The summed E-state index contributed by atoms with van der Waals surface area (Å²) >= 11 is 0. The third-order valence-corrected chi connectivity index (χ3v) is 11.9. The lowest BCUT2D eigenvalue weighted by Crippen LogP contribution is -2.30. The summed E-state index contributed by atoms with van der Waals surface area (Å²) in [6.07, 6.45) is 60.4. The minimum absolute atomic E-state index is 0.0809. The molecule has 0 fully saturated rings. The van der Waals surface area contributed by atoms with Crippen LogP contribution in [-0.2, 0) is 28.6 Å². The van der Waals surface area contributed by atoms with Gasteiger partial charge in [0.1, 0.15) is 13.2 Å². The van der Waals surface area contributed by atoms with Crippen LogP contribution in [0.5, 0.6) is 0 Å². The van der Waals surface area contributed by atoms with Gasteiger partial charge >= 0.3 is 17.9 Å². The lowest BCUT2D eigenvalue weighted by Gasteiger charge is -2.18. The van der Waals surface area contributed by atoms with Crippen molar-refractivity contribution in [3.63, 3.8) is 0 Å². The Kier molecular flexibility index (Phi) is 49.3. The van der Waals surface area contributed by atoms with Gasteiger partial charge < -0.3 is 14.2 Å². The van der Waals surface area contributed by atoms with E-state index in [1.807, 2.05) is 0 Å². The molecule has 0 saturated heterocycles. The van der Waals surface area contributed by atoms with Crippen molar-refractivity contribution >= 4 is 17.9 Å². The van der Waals surface area contributed by atoms with E-state index in [-0.39, 0.29) is 31.1 Å². The number of ether oxygens (including phenoxy) is 3. The van der Waals surface area contributed by atoms with E-state index in [9.17, 15) is 14.4 Å². The summed E-state index contributed by atoms with van der Waals surface area (Å²) in [5.41, 5.74) is 0. The number of carbonyl (C=O) groups is 3. The van der Waals surface area contributed by atoms with Crippen LogP contribution in [0, 0.1) is 0 Å². The quantitative estimate of drug-likeness (QED) is 0.0262. The second-order valence-corrected chi connectivity index (χ2v) is 18.1. The first-order chi connectivity index (χ1) is 30.5. The molecule has 1 atom stereocenters. The summed E-state index contributed by atoms with van der Waals surface area (Å²) in [7, 11) is 0. The van der Waals surface area contributed by atoms with E-state index in [1.54, 1.807) is 0 Å². The van der Waals surface area contributed by atoms with Crippen LogP contribution in [-0.4, -0.2) is 37.2 Å². The van der Waals surface area contributed by atoms with Gasteiger partial charge in [0.2, 0.25) is 0 Å². The minimum atomic E-state index is -0.780. The number of hydrogen-bond donors (Lipinski definition) is 0. The molecular formula is C56H102O6. The smallest absolute Gasteiger partial charge is 0.306 e. The van der Waals surface area contributed by atoms with Crippen LogP contribution < -0.4 is 0 Å². The normalized spacial score (nSPS) is 12.2. The highest BCUT2D eigenvalue weighted by Gasteiger charge is 2.19. The molecule has 0 aliphatic heterocycles. The molecule has 0 bridgehead atoms. The third kappa shape index (κ3) is 48.7. The summed E-state index contributed by atoms with van der Waals surface area (Å²) in [4.78, 5) is 37.7. The average molecular weight is 871 g/mol. The van der Waals surface area contributed by atoms with Crippen molar-refractivity contribution in [2.24, 2.45) is 0 Å². The monoisotopic (exact) mass is 871 g/mol. The Morgan fingerprint density at radius 3 is 0.984 bits per heavy atom. The Labute approximate surface area is 385 Å². The maximum atomic E-state index is 12.7. The molecule has 0 aromatic carbocycles. The molecule has 0 spiro atoms. The van der Waals surface area contributed by atoms with Crippen LogP contribution in [0.1, 0.15) is 284 Å².